The molecule has 0 aliphatic carbocycles. The van der Waals surface area contributed by atoms with Gasteiger partial charge in [-0.1, -0.05) is 35.9 Å². The normalized spacial score (nSPS) is 11.2. The monoisotopic (exact) mass is 460 g/mol. The van der Waals surface area contributed by atoms with Gasteiger partial charge in [0.15, 0.2) is 0 Å². The van der Waals surface area contributed by atoms with Crippen LogP contribution in [0.25, 0.3) is 16.7 Å². The topological polar surface area (TPSA) is 52.0 Å². The number of halogens is 1. The van der Waals surface area contributed by atoms with Crippen molar-refractivity contribution in [3.8, 4) is 11.4 Å². The average Bonchev–Trinajstić information content (AvgIpc) is 3.46. The van der Waals surface area contributed by atoms with Crippen LogP contribution in [0.15, 0.2) is 84.5 Å². The second-order valence-corrected chi connectivity index (χ2v) is 8.73. The number of imidazole rings is 1. The molecule has 7 heteroatoms. The van der Waals surface area contributed by atoms with E-state index in [1.165, 1.54) is 5.56 Å². The van der Waals surface area contributed by atoms with Crippen molar-refractivity contribution in [3.05, 3.63) is 106 Å². The molecule has 2 heterocycles. The third-order valence-corrected chi connectivity index (χ3v) is 6.20. The molecule has 2 aromatic heterocycles. The van der Waals surface area contributed by atoms with Crippen LogP contribution in [0.5, 0.6) is 5.75 Å². The molecule has 0 aliphatic rings. The number of ether oxygens (including phenoxy) is 1. The number of para-hydroxylation sites is 2. The Morgan fingerprint density at radius 3 is 2.59 bits per heavy atom. The summed E-state index contributed by atoms with van der Waals surface area (Å²) in [5, 5.41) is 7.19. The Kier molecular flexibility index (Phi) is 6.16. The Labute approximate surface area is 195 Å². The smallest absolute Gasteiger partial charge is 0.140 e. The summed E-state index contributed by atoms with van der Waals surface area (Å²) in [6, 6.07) is 24.0. The lowest BCUT2D eigenvalue weighted by Crippen LogP contribution is -2.13. The van der Waals surface area contributed by atoms with E-state index in [-0.39, 0.29) is 0 Å². The molecule has 0 bridgehead atoms. The summed E-state index contributed by atoms with van der Waals surface area (Å²) in [6.45, 7) is 1.95. The summed E-state index contributed by atoms with van der Waals surface area (Å²) in [7, 11) is 0. The molecule has 0 atom stereocenters. The summed E-state index contributed by atoms with van der Waals surface area (Å²) < 4.78 is 7.87. The maximum atomic E-state index is 5.90. The Hall–Kier alpha value is -3.19. The number of nitrogens with zero attached hydrogens (tertiary/aromatic N) is 3. The molecule has 0 amide bonds. The Morgan fingerprint density at radius 2 is 1.75 bits per heavy atom. The van der Waals surface area contributed by atoms with Gasteiger partial charge in [0.1, 0.15) is 23.7 Å². The lowest BCUT2D eigenvalue weighted by atomic mass is 10.2. The lowest BCUT2D eigenvalue weighted by molar-refractivity contribution is 0.305. The second kappa shape index (κ2) is 9.53. The quantitative estimate of drug-likeness (QED) is 0.308. The van der Waals surface area contributed by atoms with Crippen LogP contribution >= 0.6 is 22.9 Å². The molecule has 1 N–H and O–H groups in total. The van der Waals surface area contributed by atoms with Gasteiger partial charge in [-0.15, -0.1) is 11.3 Å². The second-order valence-electron chi connectivity index (χ2n) is 7.35. The van der Waals surface area contributed by atoms with Gasteiger partial charge in [-0.2, -0.15) is 0 Å². The van der Waals surface area contributed by atoms with E-state index in [4.69, 9.17) is 16.3 Å². The summed E-state index contributed by atoms with van der Waals surface area (Å²) >= 11 is 7.51. The van der Waals surface area contributed by atoms with E-state index in [0.29, 0.717) is 18.2 Å². The fraction of sp³-hybridized carbons (Fsp3) is 0.120. The molecule has 0 aliphatic heterocycles. The number of benzene rings is 3. The predicted molar refractivity (Wildman–Crippen MR) is 130 cm³/mol. The summed E-state index contributed by atoms with van der Waals surface area (Å²) in [4.78, 5) is 9.11. The Balaban J connectivity index is 1.13. The number of nitrogens with one attached hydrogen (secondary N) is 1. The number of rotatable bonds is 8. The minimum absolute atomic E-state index is 0.455. The molecule has 5 aromatic rings. The SMILES string of the molecule is Clc1ccc(OCc2nc(CNCc3ccc(-n4cnc5ccccc54)cc3)cs2)cc1. The van der Waals surface area contributed by atoms with E-state index < -0.39 is 0 Å². The molecular formula is C25H21ClN4OS. The molecule has 0 saturated heterocycles. The Morgan fingerprint density at radius 1 is 0.938 bits per heavy atom. The van der Waals surface area contributed by atoms with Crippen LogP contribution < -0.4 is 10.1 Å². The van der Waals surface area contributed by atoms with E-state index in [1.54, 1.807) is 11.3 Å². The van der Waals surface area contributed by atoms with Crippen molar-refractivity contribution in [2.45, 2.75) is 19.7 Å². The largest absolute Gasteiger partial charge is 0.486 e. The van der Waals surface area contributed by atoms with Crippen LogP contribution in [-0.4, -0.2) is 14.5 Å². The number of hydrogen-bond acceptors (Lipinski definition) is 5. The fourth-order valence-corrected chi connectivity index (χ4v) is 4.28. The highest BCUT2D eigenvalue weighted by Crippen LogP contribution is 2.19. The third-order valence-electron chi connectivity index (χ3n) is 5.08. The first-order chi connectivity index (χ1) is 15.7. The minimum atomic E-state index is 0.455. The van der Waals surface area contributed by atoms with Gasteiger partial charge >= 0.3 is 0 Å². The van der Waals surface area contributed by atoms with Gasteiger partial charge in [-0.3, -0.25) is 4.57 Å². The fourth-order valence-electron chi connectivity index (χ4n) is 3.45. The molecular weight excluding hydrogens is 440 g/mol. The average molecular weight is 461 g/mol. The van der Waals surface area contributed by atoms with Gasteiger partial charge in [0.05, 0.1) is 16.7 Å². The summed E-state index contributed by atoms with van der Waals surface area (Å²) in [6.07, 6.45) is 1.87. The van der Waals surface area contributed by atoms with Crippen molar-refractivity contribution >= 4 is 34.0 Å². The molecule has 5 rings (SSSR count). The maximum Gasteiger partial charge on any atom is 0.140 e. The van der Waals surface area contributed by atoms with Crippen molar-refractivity contribution in [2.75, 3.05) is 0 Å². The van der Waals surface area contributed by atoms with Gasteiger partial charge in [0.25, 0.3) is 0 Å². The van der Waals surface area contributed by atoms with Crippen LogP contribution in [0.1, 0.15) is 16.3 Å². The number of aromatic nitrogens is 3. The van der Waals surface area contributed by atoms with E-state index in [1.807, 2.05) is 48.8 Å². The lowest BCUT2D eigenvalue weighted by Gasteiger charge is -2.07. The molecule has 0 fully saturated rings. The minimum Gasteiger partial charge on any atom is -0.486 e. The summed E-state index contributed by atoms with van der Waals surface area (Å²) in [5.41, 5.74) is 5.45. The zero-order chi connectivity index (χ0) is 21.8. The number of fused-ring (bicyclic) bond motifs is 1. The first-order valence-corrected chi connectivity index (χ1v) is 11.5. The Bertz CT molecular complexity index is 1310. The first-order valence-electron chi connectivity index (χ1n) is 10.3. The van der Waals surface area contributed by atoms with Gasteiger partial charge in [0, 0.05) is 29.2 Å². The van der Waals surface area contributed by atoms with Gasteiger partial charge in [0.2, 0.25) is 0 Å². The number of hydrogen-bond donors (Lipinski definition) is 1. The van der Waals surface area contributed by atoms with E-state index in [0.717, 1.165) is 39.7 Å². The van der Waals surface area contributed by atoms with Crippen molar-refractivity contribution in [3.63, 3.8) is 0 Å². The highest BCUT2D eigenvalue weighted by molar-refractivity contribution is 7.09. The third kappa shape index (κ3) is 4.83. The van der Waals surface area contributed by atoms with Crippen LogP contribution in [0.2, 0.25) is 5.02 Å². The van der Waals surface area contributed by atoms with Crippen molar-refractivity contribution < 1.29 is 4.74 Å². The van der Waals surface area contributed by atoms with E-state index in [9.17, 15) is 0 Å². The van der Waals surface area contributed by atoms with E-state index >= 15 is 0 Å². The molecule has 32 heavy (non-hydrogen) atoms. The highest BCUT2D eigenvalue weighted by atomic mass is 35.5. The van der Waals surface area contributed by atoms with Gasteiger partial charge in [-0.25, -0.2) is 9.97 Å². The maximum absolute atomic E-state index is 5.90. The molecule has 3 aromatic carbocycles. The molecule has 0 spiro atoms. The molecule has 0 saturated carbocycles. The van der Waals surface area contributed by atoms with Crippen molar-refractivity contribution in [1.82, 2.24) is 19.9 Å². The van der Waals surface area contributed by atoms with Crippen molar-refractivity contribution in [1.29, 1.82) is 0 Å². The van der Waals surface area contributed by atoms with Crippen LogP contribution in [0, 0.1) is 0 Å². The molecule has 0 radical (unpaired) electrons. The van der Waals surface area contributed by atoms with Gasteiger partial charge in [-0.05, 0) is 54.1 Å². The number of thiazole rings is 1. The van der Waals surface area contributed by atoms with E-state index in [2.05, 4.69) is 55.6 Å². The molecule has 0 unspecified atom stereocenters. The van der Waals surface area contributed by atoms with Gasteiger partial charge < -0.3 is 10.1 Å². The highest BCUT2D eigenvalue weighted by Gasteiger charge is 2.05. The zero-order valence-corrected chi connectivity index (χ0v) is 18.8. The van der Waals surface area contributed by atoms with Crippen LogP contribution in [-0.2, 0) is 19.7 Å². The predicted octanol–water partition coefficient (Wildman–Crippen LogP) is 6.00. The molecule has 5 nitrogen and oxygen atoms in total. The standard InChI is InChI=1S/C25H21ClN4OS/c26-19-7-11-22(12-8-19)31-15-25-29-20(16-32-25)14-27-13-18-5-9-21(10-6-18)30-17-28-23-3-1-2-4-24(23)30/h1-12,16-17,27H,13-15H2. The zero-order valence-electron chi connectivity index (χ0n) is 17.2. The first kappa shape index (κ1) is 20.7. The van der Waals surface area contributed by atoms with Crippen molar-refractivity contribution in [2.24, 2.45) is 0 Å². The summed E-state index contributed by atoms with van der Waals surface area (Å²) in [5.74, 6) is 0.788. The van der Waals surface area contributed by atoms with Crippen LogP contribution in [0.3, 0.4) is 0 Å². The van der Waals surface area contributed by atoms with Crippen LogP contribution in [0.4, 0.5) is 0 Å². The molecule has 160 valence electrons.